The number of rotatable bonds is 7. The number of nitrogens with zero attached hydrogens (tertiary/aromatic N) is 2. The van der Waals surface area contributed by atoms with E-state index in [0.29, 0.717) is 11.1 Å². The van der Waals surface area contributed by atoms with Crippen LogP contribution in [0.4, 0.5) is 17.6 Å². The average molecular weight is 516 g/mol. The molecule has 1 aliphatic carbocycles. The third kappa shape index (κ3) is 5.38. The number of oxazole rings is 1. The Bertz CT molecular complexity index is 1260. The number of aromatic nitrogens is 1. The maximum atomic E-state index is 15.0. The van der Waals surface area contributed by atoms with Gasteiger partial charge in [-0.25, -0.2) is 22.5 Å². The lowest BCUT2D eigenvalue weighted by Gasteiger charge is -2.35. The molecule has 10 heteroatoms. The van der Waals surface area contributed by atoms with Crippen molar-refractivity contribution < 1.29 is 31.6 Å². The molecular formula is C27H25F4N3O3. The lowest BCUT2D eigenvalue weighted by Crippen LogP contribution is -2.47. The highest BCUT2D eigenvalue weighted by Crippen LogP contribution is 2.49. The molecule has 2 fully saturated rings. The number of halogens is 4. The number of hydrogen-bond acceptors (Lipinski definition) is 4. The monoisotopic (exact) mass is 515 g/mol. The summed E-state index contributed by atoms with van der Waals surface area (Å²) in [5.41, 5.74) is 1.26. The van der Waals surface area contributed by atoms with Crippen LogP contribution in [0.5, 0.6) is 0 Å². The molecule has 1 saturated heterocycles. The Morgan fingerprint density at radius 2 is 1.89 bits per heavy atom. The molecule has 3 aromatic rings. The molecule has 1 aliphatic heterocycles. The van der Waals surface area contributed by atoms with Crippen molar-refractivity contribution in [1.29, 1.82) is 0 Å². The van der Waals surface area contributed by atoms with E-state index in [0.717, 1.165) is 0 Å². The molecule has 0 spiro atoms. The molecule has 194 valence electrons. The second kappa shape index (κ2) is 9.99. The summed E-state index contributed by atoms with van der Waals surface area (Å²) in [5.74, 6) is -4.88. The fraction of sp³-hybridized carbons (Fsp3) is 0.370. The van der Waals surface area contributed by atoms with Crippen LogP contribution in [0.1, 0.15) is 53.8 Å². The molecular weight excluding hydrogens is 490 g/mol. The standard InChI is InChI=1S/C27H25F4N3O3/c28-19-11-22(34(15-19)24(35)12-23-32-8-9-37-23)26(36)33-25(16-4-2-1-3-5-16)17-6-7-20(21(29)10-17)18-13-27(30,31)14-18/h1-10,18-19,22,25H,11-15H2,(H,33,36). The molecule has 0 radical (unpaired) electrons. The van der Waals surface area contributed by atoms with E-state index in [1.54, 1.807) is 36.4 Å². The maximum Gasteiger partial charge on any atom is 0.249 e. The SMILES string of the molecule is O=C(NC(c1ccccc1)c1ccc(C2CC(F)(F)C2)c(F)c1)C1CC(F)CN1C(=O)Cc1ncco1. The van der Waals surface area contributed by atoms with E-state index in [4.69, 9.17) is 4.42 Å². The fourth-order valence-corrected chi connectivity index (χ4v) is 5.06. The lowest BCUT2D eigenvalue weighted by molar-refractivity contribution is -0.138. The highest BCUT2D eigenvalue weighted by Gasteiger charge is 2.47. The maximum absolute atomic E-state index is 15.0. The minimum Gasteiger partial charge on any atom is -0.448 e. The van der Waals surface area contributed by atoms with E-state index >= 15 is 4.39 Å². The van der Waals surface area contributed by atoms with Gasteiger partial charge in [-0.3, -0.25) is 9.59 Å². The number of likely N-dealkylation sites (tertiary alicyclic amines) is 1. The molecule has 3 atom stereocenters. The van der Waals surface area contributed by atoms with Gasteiger partial charge in [-0.15, -0.1) is 0 Å². The second-order valence-corrected chi connectivity index (χ2v) is 9.59. The van der Waals surface area contributed by atoms with Gasteiger partial charge in [-0.2, -0.15) is 0 Å². The van der Waals surface area contributed by atoms with Crippen molar-refractivity contribution in [3.05, 3.63) is 89.4 Å². The summed E-state index contributed by atoms with van der Waals surface area (Å²) in [5, 5.41) is 2.85. The van der Waals surface area contributed by atoms with Crippen LogP contribution in [-0.4, -0.2) is 46.4 Å². The highest BCUT2D eigenvalue weighted by molar-refractivity contribution is 5.89. The fourth-order valence-electron chi connectivity index (χ4n) is 5.06. The summed E-state index contributed by atoms with van der Waals surface area (Å²) in [4.78, 5) is 31.2. The van der Waals surface area contributed by atoms with Gasteiger partial charge in [0.2, 0.25) is 23.6 Å². The van der Waals surface area contributed by atoms with E-state index in [-0.39, 0.29) is 30.8 Å². The molecule has 2 amide bonds. The Morgan fingerprint density at radius 3 is 2.54 bits per heavy atom. The van der Waals surface area contributed by atoms with E-state index in [9.17, 15) is 22.8 Å². The predicted molar refractivity (Wildman–Crippen MR) is 125 cm³/mol. The molecule has 1 saturated carbocycles. The van der Waals surface area contributed by atoms with Gasteiger partial charge in [0.25, 0.3) is 0 Å². The third-order valence-corrected chi connectivity index (χ3v) is 6.97. The average Bonchev–Trinajstić information content (AvgIpc) is 3.51. The summed E-state index contributed by atoms with van der Waals surface area (Å²) in [7, 11) is 0. The zero-order valence-electron chi connectivity index (χ0n) is 19.7. The van der Waals surface area contributed by atoms with Gasteiger partial charge in [0.15, 0.2) is 0 Å². The Hall–Kier alpha value is -3.69. The van der Waals surface area contributed by atoms with Crippen molar-refractivity contribution in [3.8, 4) is 0 Å². The van der Waals surface area contributed by atoms with Crippen molar-refractivity contribution in [3.63, 3.8) is 0 Å². The topological polar surface area (TPSA) is 75.4 Å². The summed E-state index contributed by atoms with van der Waals surface area (Å²) in [6, 6.07) is 11.3. The van der Waals surface area contributed by atoms with Gasteiger partial charge in [-0.1, -0.05) is 42.5 Å². The summed E-state index contributed by atoms with van der Waals surface area (Å²) >= 11 is 0. The quantitative estimate of drug-likeness (QED) is 0.463. The number of carbonyl (C=O) groups excluding carboxylic acids is 2. The normalized spacial score (nSPS) is 21.9. The third-order valence-electron chi connectivity index (χ3n) is 6.97. The van der Waals surface area contributed by atoms with E-state index < -0.39 is 60.6 Å². The minimum atomic E-state index is -2.78. The Balaban J connectivity index is 1.37. The van der Waals surface area contributed by atoms with Gasteiger partial charge in [0.05, 0.1) is 18.8 Å². The summed E-state index contributed by atoms with van der Waals surface area (Å²) in [6.07, 6.45) is 0.154. The summed E-state index contributed by atoms with van der Waals surface area (Å²) in [6.45, 7) is -0.233. The largest absolute Gasteiger partial charge is 0.448 e. The molecule has 3 unspecified atom stereocenters. The van der Waals surface area contributed by atoms with Crippen LogP contribution in [0.2, 0.25) is 0 Å². The molecule has 5 rings (SSSR count). The van der Waals surface area contributed by atoms with Crippen LogP contribution in [-0.2, 0) is 16.0 Å². The number of benzene rings is 2. The molecule has 6 nitrogen and oxygen atoms in total. The van der Waals surface area contributed by atoms with Crippen LogP contribution in [0.15, 0.2) is 65.4 Å². The lowest BCUT2D eigenvalue weighted by atomic mass is 9.76. The van der Waals surface area contributed by atoms with Crippen molar-refractivity contribution in [2.24, 2.45) is 0 Å². The number of nitrogens with one attached hydrogen (secondary N) is 1. The van der Waals surface area contributed by atoms with Crippen LogP contribution in [0.3, 0.4) is 0 Å². The van der Waals surface area contributed by atoms with E-state index in [1.807, 2.05) is 0 Å². The first kappa shape index (κ1) is 25.0. The zero-order valence-corrected chi connectivity index (χ0v) is 19.7. The highest BCUT2D eigenvalue weighted by atomic mass is 19.3. The Kier molecular flexibility index (Phi) is 6.74. The van der Waals surface area contributed by atoms with Crippen LogP contribution >= 0.6 is 0 Å². The Morgan fingerprint density at radius 1 is 1.14 bits per heavy atom. The molecule has 0 bridgehead atoms. The van der Waals surface area contributed by atoms with Gasteiger partial charge < -0.3 is 14.6 Å². The van der Waals surface area contributed by atoms with Crippen molar-refractivity contribution in [2.45, 2.75) is 55.8 Å². The molecule has 2 heterocycles. The van der Waals surface area contributed by atoms with Crippen molar-refractivity contribution >= 4 is 11.8 Å². The van der Waals surface area contributed by atoms with E-state index in [1.165, 1.54) is 29.5 Å². The first-order valence-corrected chi connectivity index (χ1v) is 12.0. The molecule has 37 heavy (non-hydrogen) atoms. The van der Waals surface area contributed by atoms with Crippen molar-refractivity contribution in [1.82, 2.24) is 15.2 Å². The van der Waals surface area contributed by atoms with E-state index in [2.05, 4.69) is 10.3 Å². The molecule has 1 N–H and O–H groups in total. The Labute approximate surface area is 210 Å². The van der Waals surface area contributed by atoms with Crippen LogP contribution in [0.25, 0.3) is 0 Å². The first-order valence-electron chi connectivity index (χ1n) is 12.0. The first-order chi connectivity index (χ1) is 17.7. The van der Waals surface area contributed by atoms with Crippen LogP contribution < -0.4 is 5.32 Å². The molecule has 2 aliphatic rings. The van der Waals surface area contributed by atoms with Gasteiger partial charge in [-0.05, 0) is 28.7 Å². The number of alkyl halides is 3. The van der Waals surface area contributed by atoms with Crippen molar-refractivity contribution in [2.75, 3.05) is 6.54 Å². The zero-order chi connectivity index (χ0) is 26.2. The predicted octanol–water partition coefficient (Wildman–Crippen LogP) is 4.71. The summed E-state index contributed by atoms with van der Waals surface area (Å²) < 4.78 is 61.1. The molecule has 2 aromatic carbocycles. The van der Waals surface area contributed by atoms with Crippen LogP contribution in [0, 0.1) is 5.82 Å². The second-order valence-electron chi connectivity index (χ2n) is 9.59. The van der Waals surface area contributed by atoms with Gasteiger partial charge in [0.1, 0.15) is 30.7 Å². The van der Waals surface area contributed by atoms with Gasteiger partial charge in [0, 0.05) is 19.3 Å². The number of amides is 2. The smallest absolute Gasteiger partial charge is 0.249 e. The van der Waals surface area contributed by atoms with Gasteiger partial charge >= 0.3 is 0 Å². The minimum absolute atomic E-state index is 0.161. The molecule has 1 aromatic heterocycles. The number of carbonyl (C=O) groups is 2. The number of hydrogen-bond donors (Lipinski definition) is 1.